The van der Waals surface area contributed by atoms with E-state index in [1.807, 2.05) is 43.3 Å². The van der Waals surface area contributed by atoms with Gasteiger partial charge in [0.1, 0.15) is 5.82 Å². The standard InChI is InChI=1S/C15H12N2OS/c1-10-6-7-14(16-9-10)17-15(18)13-8-11-4-2-3-5-12(11)19-13/h2-9H,1H3,(H,16,17,18). The molecule has 2 aromatic heterocycles. The molecule has 0 bridgehead atoms. The molecule has 4 heteroatoms. The van der Waals surface area contributed by atoms with E-state index in [1.54, 1.807) is 12.3 Å². The lowest BCUT2D eigenvalue weighted by atomic mass is 10.2. The van der Waals surface area contributed by atoms with Gasteiger partial charge in [-0.1, -0.05) is 24.3 Å². The van der Waals surface area contributed by atoms with Crippen molar-refractivity contribution in [2.45, 2.75) is 6.92 Å². The number of nitrogens with one attached hydrogen (secondary N) is 1. The molecule has 94 valence electrons. The van der Waals surface area contributed by atoms with E-state index < -0.39 is 0 Å². The van der Waals surface area contributed by atoms with Crippen LogP contribution >= 0.6 is 11.3 Å². The van der Waals surface area contributed by atoms with Crippen LogP contribution in [0.15, 0.2) is 48.7 Å². The fourth-order valence-electron chi connectivity index (χ4n) is 1.81. The SMILES string of the molecule is Cc1ccc(NC(=O)c2cc3ccccc3s2)nc1. The summed E-state index contributed by atoms with van der Waals surface area (Å²) in [7, 11) is 0. The number of anilines is 1. The van der Waals surface area contributed by atoms with Gasteiger partial charge in [-0.15, -0.1) is 11.3 Å². The molecule has 3 nitrogen and oxygen atoms in total. The third-order valence-corrected chi connectivity index (χ3v) is 3.92. The second-order valence-electron chi connectivity index (χ2n) is 4.32. The Morgan fingerprint density at radius 3 is 2.79 bits per heavy atom. The normalized spacial score (nSPS) is 10.6. The van der Waals surface area contributed by atoms with Gasteiger partial charge in [0.05, 0.1) is 4.88 Å². The molecule has 19 heavy (non-hydrogen) atoms. The van der Waals surface area contributed by atoms with E-state index in [9.17, 15) is 4.79 Å². The average Bonchev–Trinajstić information content (AvgIpc) is 2.85. The van der Waals surface area contributed by atoms with Crippen molar-refractivity contribution in [1.29, 1.82) is 0 Å². The average molecular weight is 268 g/mol. The number of rotatable bonds is 2. The van der Waals surface area contributed by atoms with Crippen LogP contribution in [0.2, 0.25) is 0 Å². The van der Waals surface area contributed by atoms with Gasteiger partial charge in [0.15, 0.2) is 0 Å². The number of amides is 1. The minimum absolute atomic E-state index is 0.113. The molecule has 3 rings (SSSR count). The van der Waals surface area contributed by atoms with Gasteiger partial charge in [-0.3, -0.25) is 4.79 Å². The fraction of sp³-hybridized carbons (Fsp3) is 0.0667. The summed E-state index contributed by atoms with van der Waals surface area (Å²) >= 11 is 1.49. The molecule has 0 spiro atoms. The highest BCUT2D eigenvalue weighted by Gasteiger charge is 2.10. The Kier molecular flexibility index (Phi) is 3.01. The summed E-state index contributed by atoms with van der Waals surface area (Å²) < 4.78 is 1.12. The molecule has 1 N–H and O–H groups in total. The Hall–Kier alpha value is -2.20. The Morgan fingerprint density at radius 2 is 2.05 bits per heavy atom. The predicted octanol–water partition coefficient (Wildman–Crippen LogP) is 3.86. The molecule has 0 fully saturated rings. The van der Waals surface area contributed by atoms with E-state index in [1.165, 1.54) is 11.3 Å². The lowest BCUT2D eigenvalue weighted by Crippen LogP contribution is -2.11. The molecule has 0 saturated heterocycles. The molecule has 0 aliphatic rings. The minimum atomic E-state index is -0.113. The third kappa shape index (κ3) is 2.48. The van der Waals surface area contributed by atoms with Crippen molar-refractivity contribution >= 4 is 33.1 Å². The highest BCUT2D eigenvalue weighted by Crippen LogP contribution is 2.25. The number of hydrogen-bond acceptors (Lipinski definition) is 3. The molecule has 0 radical (unpaired) electrons. The Labute approximate surface area is 114 Å². The smallest absolute Gasteiger partial charge is 0.266 e. The number of hydrogen-bond donors (Lipinski definition) is 1. The second-order valence-corrected chi connectivity index (χ2v) is 5.41. The first-order chi connectivity index (χ1) is 9.22. The van der Waals surface area contributed by atoms with Gasteiger partial charge in [-0.25, -0.2) is 4.98 Å². The van der Waals surface area contributed by atoms with Crippen LogP contribution in [0.4, 0.5) is 5.82 Å². The zero-order chi connectivity index (χ0) is 13.2. The summed E-state index contributed by atoms with van der Waals surface area (Å²) in [5.41, 5.74) is 1.07. The molecule has 0 aliphatic carbocycles. The van der Waals surface area contributed by atoms with Crippen LogP contribution in [-0.4, -0.2) is 10.9 Å². The predicted molar refractivity (Wildman–Crippen MR) is 78.8 cm³/mol. The quantitative estimate of drug-likeness (QED) is 0.767. The van der Waals surface area contributed by atoms with E-state index >= 15 is 0 Å². The summed E-state index contributed by atoms with van der Waals surface area (Å²) in [5.74, 6) is 0.464. The zero-order valence-corrected chi connectivity index (χ0v) is 11.2. The molecule has 1 amide bonds. The van der Waals surface area contributed by atoms with Gasteiger partial charge in [0.25, 0.3) is 5.91 Å². The monoisotopic (exact) mass is 268 g/mol. The van der Waals surface area contributed by atoms with E-state index in [0.717, 1.165) is 15.6 Å². The van der Waals surface area contributed by atoms with Gasteiger partial charge < -0.3 is 5.32 Å². The zero-order valence-electron chi connectivity index (χ0n) is 10.4. The molecule has 0 atom stereocenters. The molecule has 2 heterocycles. The summed E-state index contributed by atoms with van der Waals surface area (Å²) in [4.78, 5) is 17.0. The topological polar surface area (TPSA) is 42.0 Å². The van der Waals surface area contributed by atoms with Crippen LogP contribution in [0.25, 0.3) is 10.1 Å². The summed E-state index contributed by atoms with van der Waals surface area (Å²) in [6, 6.07) is 13.6. The van der Waals surface area contributed by atoms with Gasteiger partial charge in [-0.2, -0.15) is 0 Å². The number of aromatic nitrogens is 1. The van der Waals surface area contributed by atoms with Crippen molar-refractivity contribution in [3.05, 3.63) is 59.1 Å². The number of nitrogens with zero attached hydrogens (tertiary/aromatic N) is 1. The Morgan fingerprint density at radius 1 is 1.21 bits per heavy atom. The molecule has 3 aromatic rings. The minimum Gasteiger partial charge on any atom is -0.306 e. The van der Waals surface area contributed by atoms with Gasteiger partial charge >= 0.3 is 0 Å². The molecule has 1 aromatic carbocycles. The second kappa shape index (κ2) is 4.82. The third-order valence-electron chi connectivity index (χ3n) is 2.80. The van der Waals surface area contributed by atoms with E-state index in [2.05, 4.69) is 10.3 Å². The molecule has 0 aliphatic heterocycles. The van der Waals surface area contributed by atoms with Crippen molar-refractivity contribution in [3.63, 3.8) is 0 Å². The molecule has 0 saturated carbocycles. The van der Waals surface area contributed by atoms with Crippen LogP contribution in [0, 0.1) is 6.92 Å². The number of pyridine rings is 1. The van der Waals surface area contributed by atoms with Gasteiger partial charge in [-0.05, 0) is 36.1 Å². The largest absolute Gasteiger partial charge is 0.306 e. The highest BCUT2D eigenvalue weighted by atomic mass is 32.1. The summed E-state index contributed by atoms with van der Waals surface area (Å²) in [5, 5.41) is 3.90. The number of fused-ring (bicyclic) bond motifs is 1. The van der Waals surface area contributed by atoms with E-state index in [-0.39, 0.29) is 5.91 Å². The first-order valence-electron chi connectivity index (χ1n) is 5.95. The van der Waals surface area contributed by atoms with Crippen molar-refractivity contribution < 1.29 is 4.79 Å². The van der Waals surface area contributed by atoms with Crippen LogP contribution in [-0.2, 0) is 0 Å². The molecular weight excluding hydrogens is 256 g/mol. The van der Waals surface area contributed by atoms with Crippen LogP contribution in [0.3, 0.4) is 0 Å². The van der Waals surface area contributed by atoms with Crippen molar-refractivity contribution in [2.75, 3.05) is 5.32 Å². The number of carbonyl (C=O) groups is 1. The molecule has 0 unspecified atom stereocenters. The van der Waals surface area contributed by atoms with Gasteiger partial charge in [0.2, 0.25) is 0 Å². The van der Waals surface area contributed by atoms with Crippen LogP contribution < -0.4 is 5.32 Å². The summed E-state index contributed by atoms with van der Waals surface area (Å²) in [6.07, 6.45) is 1.74. The summed E-state index contributed by atoms with van der Waals surface area (Å²) in [6.45, 7) is 1.96. The maximum Gasteiger partial charge on any atom is 0.266 e. The van der Waals surface area contributed by atoms with E-state index in [4.69, 9.17) is 0 Å². The Balaban J connectivity index is 1.85. The number of aryl methyl sites for hydroxylation is 1. The number of thiophene rings is 1. The van der Waals surface area contributed by atoms with Crippen LogP contribution in [0.1, 0.15) is 15.2 Å². The molecular formula is C15H12N2OS. The maximum absolute atomic E-state index is 12.1. The van der Waals surface area contributed by atoms with E-state index in [0.29, 0.717) is 10.7 Å². The number of carbonyl (C=O) groups excluding carboxylic acids is 1. The maximum atomic E-state index is 12.1. The highest BCUT2D eigenvalue weighted by molar-refractivity contribution is 7.20. The van der Waals surface area contributed by atoms with Crippen molar-refractivity contribution in [2.24, 2.45) is 0 Å². The first kappa shape index (κ1) is 11.9. The van der Waals surface area contributed by atoms with Crippen LogP contribution in [0.5, 0.6) is 0 Å². The van der Waals surface area contributed by atoms with Crippen molar-refractivity contribution in [1.82, 2.24) is 4.98 Å². The lowest BCUT2D eigenvalue weighted by molar-refractivity contribution is 0.103. The Bertz CT molecular complexity index is 698. The first-order valence-corrected chi connectivity index (χ1v) is 6.76. The van der Waals surface area contributed by atoms with Crippen molar-refractivity contribution in [3.8, 4) is 0 Å². The lowest BCUT2D eigenvalue weighted by Gasteiger charge is -2.02. The number of benzene rings is 1. The van der Waals surface area contributed by atoms with Gasteiger partial charge in [0, 0.05) is 10.9 Å². The fourth-order valence-corrected chi connectivity index (χ4v) is 2.77.